The summed E-state index contributed by atoms with van der Waals surface area (Å²) in [7, 11) is 0. The number of nitrogens with one attached hydrogen (secondary N) is 2. The van der Waals surface area contributed by atoms with E-state index in [0.717, 1.165) is 18.5 Å². The normalized spacial score (nSPS) is 16.7. The molecular formula is C24H26ClFN6O2. The third kappa shape index (κ3) is 4.63. The van der Waals surface area contributed by atoms with Gasteiger partial charge in [-0.15, -0.1) is 0 Å². The lowest BCUT2D eigenvalue weighted by Gasteiger charge is -2.36. The number of H-pyrrole nitrogens is 1. The van der Waals surface area contributed by atoms with Crippen LogP contribution in [-0.4, -0.2) is 58.0 Å². The topological polar surface area (TPSA) is 94.2 Å². The zero-order valence-corrected chi connectivity index (χ0v) is 19.7. The number of aromatic amines is 1. The number of anilines is 1. The first-order valence-corrected chi connectivity index (χ1v) is 12.0. The molecule has 2 aliphatic rings. The Labute approximate surface area is 201 Å². The molecule has 1 amide bonds. The lowest BCUT2D eigenvalue weighted by molar-refractivity contribution is 0.0946. The number of pyridine rings is 1. The van der Waals surface area contributed by atoms with Crippen LogP contribution in [0, 0.1) is 5.82 Å². The van der Waals surface area contributed by atoms with Crippen LogP contribution in [0.5, 0.6) is 0 Å². The lowest BCUT2D eigenvalue weighted by Crippen LogP contribution is -2.46. The largest absolute Gasteiger partial charge is 0.366 e. The van der Waals surface area contributed by atoms with Crippen molar-refractivity contribution in [1.29, 1.82) is 0 Å². The van der Waals surface area contributed by atoms with Gasteiger partial charge in [0, 0.05) is 44.3 Å². The van der Waals surface area contributed by atoms with Crippen LogP contribution in [0.4, 0.5) is 10.1 Å². The van der Waals surface area contributed by atoms with Crippen molar-refractivity contribution in [3.8, 4) is 0 Å². The molecule has 5 rings (SSSR count). The molecule has 1 saturated heterocycles. The Morgan fingerprint density at radius 1 is 1.18 bits per heavy atom. The van der Waals surface area contributed by atoms with E-state index in [-0.39, 0.29) is 23.0 Å². The van der Waals surface area contributed by atoms with Crippen LogP contribution < -0.4 is 15.8 Å². The lowest BCUT2D eigenvalue weighted by atomic mass is 10.1. The Kier molecular flexibility index (Phi) is 6.22. The molecule has 0 radical (unpaired) electrons. The minimum absolute atomic E-state index is 0.155. The van der Waals surface area contributed by atoms with E-state index >= 15 is 4.39 Å². The zero-order chi connectivity index (χ0) is 23.8. The Bertz CT molecular complexity index is 1300. The number of nitrogens with zero attached hydrogens (tertiary/aromatic N) is 4. The zero-order valence-electron chi connectivity index (χ0n) is 18.9. The highest BCUT2D eigenvalue weighted by molar-refractivity contribution is 6.32. The average Bonchev–Trinajstić information content (AvgIpc) is 3.65. The van der Waals surface area contributed by atoms with Gasteiger partial charge >= 0.3 is 0 Å². The third-order valence-corrected chi connectivity index (χ3v) is 6.65. The van der Waals surface area contributed by atoms with Crippen LogP contribution in [0.2, 0.25) is 5.15 Å². The van der Waals surface area contributed by atoms with Gasteiger partial charge in [0.05, 0.1) is 11.2 Å². The summed E-state index contributed by atoms with van der Waals surface area (Å²) < 4.78 is 15.1. The quantitative estimate of drug-likeness (QED) is 0.522. The van der Waals surface area contributed by atoms with Crippen LogP contribution in [0.15, 0.2) is 29.1 Å². The second-order valence-electron chi connectivity index (χ2n) is 8.82. The van der Waals surface area contributed by atoms with Crippen molar-refractivity contribution in [3.63, 3.8) is 0 Å². The number of benzene rings is 1. The van der Waals surface area contributed by atoms with Crippen LogP contribution in [-0.2, 0) is 13.0 Å². The molecule has 34 heavy (non-hydrogen) atoms. The molecule has 8 nitrogen and oxygen atoms in total. The molecule has 1 aromatic carbocycles. The fourth-order valence-electron chi connectivity index (χ4n) is 4.23. The van der Waals surface area contributed by atoms with Crippen molar-refractivity contribution < 1.29 is 9.18 Å². The number of fused-ring (bicyclic) bond motifs is 1. The number of halogens is 2. The molecule has 1 saturated carbocycles. The van der Waals surface area contributed by atoms with E-state index in [2.05, 4.69) is 30.1 Å². The van der Waals surface area contributed by atoms with Gasteiger partial charge in [0.2, 0.25) is 0 Å². The van der Waals surface area contributed by atoms with Gasteiger partial charge in [-0.05, 0) is 37.5 Å². The number of aromatic nitrogens is 3. The molecule has 0 spiro atoms. The van der Waals surface area contributed by atoms with Crippen LogP contribution in [0.25, 0.3) is 11.0 Å². The van der Waals surface area contributed by atoms with Crippen molar-refractivity contribution in [2.24, 2.45) is 0 Å². The molecule has 2 fully saturated rings. The molecule has 0 atom stereocenters. The summed E-state index contributed by atoms with van der Waals surface area (Å²) >= 11 is 6.40. The van der Waals surface area contributed by atoms with Crippen molar-refractivity contribution >= 4 is 34.2 Å². The maximum atomic E-state index is 15.1. The van der Waals surface area contributed by atoms with Crippen LogP contribution >= 0.6 is 11.6 Å². The number of amides is 1. The van der Waals surface area contributed by atoms with Crippen molar-refractivity contribution in [1.82, 2.24) is 25.2 Å². The van der Waals surface area contributed by atoms with Gasteiger partial charge in [0.25, 0.3) is 11.5 Å². The fourth-order valence-corrected chi connectivity index (χ4v) is 4.50. The molecule has 3 aromatic rings. The molecule has 10 heteroatoms. The predicted octanol–water partition coefficient (Wildman–Crippen LogP) is 2.89. The number of carbonyl (C=O) groups excluding carboxylic acids is 1. The second kappa shape index (κ2) is 9.31. The van der Waals surface area contributed by atoms with E-state index in [1.54, 1.807) is 18.2 Å². The Balaban J connectivity index is 1.24. The summed E-state index contributed by atoms with van der Waals surface area (Å²) in [6.07, 6.45) is 2.52. The smallest absolute Gasteiger partial charge is 0.270 e. The maximum absolute atomic E-state index is 15.1. The molecule has 0 unspecified atom stereocenters. The van der Waals surface area contributed by atoms with Crippen LogP contribution in [0.3, 0.4) is 0 Å². The summed E-state index contributed by atoms with van der Waals surface area (Å²) in [5, 5.41) is 3.22. The molecule has 3 heterocycles. The summed E-state index contributed by atoms with van der Waals surface area (Å²) in [5.74, 6) is -0.625. The first-order valence-electron chi connectivity index (χ1n) is 11.6. The van der Waals surface area contributed by atoms with Crippen molar-refractivity contribution in [2.75, 3.05) is 31.1 Å². The number of hydrogen-bond donors (Lipinski definition) is 2. The van der Waals surface area contributed by atoms with E-state index in [0.29, 0.717) is 66.8 Å². The van der Waals surface area contributed by atoms with Gasteiger partial charge in [-0.1, -0.05) is 24.6 Å². The number of rotatable bonds is 6. The molecule has 178 valence electrons. The Morgan fingerprint density at radius 3 is 2.62 bits per heavy atom. The SMILES string of the molecule is CCc1nc2ccc(CN3CCN(c4ccc(C(=O)NC5CC5)nc4Cl)CC3)c(F)c2[nH]c1=O. The summed E-state index contributed by atoms with van der Waals surface area (Å²) in [5.41, 5.74) is 2.30. The summed E-state index contributed by atoms with van der Waals surface area (Å²) in [6.45, 7) is 5.09. The number of piperazine rings is 1. The van der Waals surface area contributed by atoms with E-state index < -0.39 is 5.82 Å². The predicted molar refractivity (Wildman–Crippen MR) is 129 cm³/mol. The highest BCUT2D eigenvalue weighted by atomic mass is 35.5. The third-order valence-electron chi connectivity index (χ3n) is 6.37. The fraction of sp³-hybridized carbons (Fsp3) is 0.417. The number of aryl methyl sites for hydroxylation is 1. The number of carbonyl (C=O) groups is 1. The monoisotopic (exact) mass is 484 g/mol. The Hall–Kier alpha value is -3.04. The van der Waals surface area contributed by atoms with Gasteiger partial charge in [-0.25, -0.2) is 14.4 Å². The summed E-state index contributed by atoms with van der Waals surface area (Å²) in [6, 6.07) is 7.30. The van der Waals surface area contributed by atoms with Gasteiger partial charge < -0.3 is 15.2 Å². The molecule has 1 aliphatic carbocycles. The molecule has 2 aromatic heterocycles. The molecule has 2 N–H and O–H groups in total. The second-order valence-corrected chi connectivity index (χ2v) is 9.17. The number of hydrogen-bond acceptors (Lipinski definition) is 6. The molecule has 1 aliphatic heterocycles. The summed E-state index contributed by atoms with van der Waals surface area (Å²) in [4.78, 5) is 39.8. The molecular weight excluding hydrogens is 459 g/mol. The maximum Gasteiger partial charge on any atom is 0.270 e. The molecule has 0 bridgehead atoms. The van der Waals surface area contributed by atoms with Gasteiger partial charge in [0.15, 0.2) is 11.0 Å². The standard InChI is InChI=1S/C24H26ClFN6O2/c1-2-16-23(33)30-21-17(28-16)6-3-14(20(21)26)13-31-9-11-32(12-10-31)19-8-7-18(29-22(19)25)24(34)27-15-4-5-15/h3,6-8,15H,2,4-5,9-13H2,1H3,(H,27,34)(H,30,33). The average molecular weight is 485 g/mol. The first-order chi connectivity index (χ1) is 16.4. The first kappa shape index (κ1) is 22.7. The van der Waals surface area contributed by atoms with Gasteiger partial charge in [0.1, 0.15) is 16.9 Å². The van der Waals surface area contributed by atoms with Crippen LogP contribution in [0.1, 0.15) is 41.5 Å². The minimum atomic E-state index is -0.431. The van der Waals surface area contributed by atoms with Gasteiger partial charge in [-0.2, -0.15) is 0 Å². The minimum Gasteiger partial charge on any atom is -0.366 e. The Morgan fingerprint density at radius 2 is 1.94 bits per heavy atom. The van der Waals surface area contributed by atoms with E-state index in [1.165, 1.54) is 0 Å². The highest BCUT2D eigenvalue weighted by Gasteiger charge is 2.26. The highest BCUT2D eigenvalue weighted by Crippen LogP contribution is 2.27. The van der Waals surface area contributed by atoms with E-state index in [4.69, 9.17) is 11.6 Å². The van der Waals surface area contributed by atoms with Crippen molar-refractivity contribution in [2.45, 2.75) is 38.8 Å². The van der Waals surface area contributed by atoms with E-state index in [9.17, 15) is 9.59 Å². The van der Waals surface area contributed by atoms with E-state index in [1.807, 2.05) is 13.0 Å². The van der Waals surface area contributed by atoms with Crippen molar-refractivity contribution in [3.05, 3.63) is 62.5 Å². The van der Waals surface area contributed by atoms with Gasteiger partial charge in [-0.3, -0.25) is 14.5 Å².